The van der Waals surface area contributed by atoms with E-state index in [0.717, 1.165) is 0 Å². The van der Waals surface area contributed by atoms with Crippen LogP contribution in [0.3, 0.4) is 0 Å². The number of carboxylic acids is 1. The highest BCUT2D eigenvalue weighted by Gasteiger charge is 2.13. The van der Waals surface area contributed by atoms with Crippen molar-refractivity contribution in [1.82, 2.24) is 5.16 Å². The van der Waals surface area contributed by atoms with Crippen LogP contribution in [0.4, 0.5) is 4.39 Å². The average Bonchev–Trinajstić information content (AvgIpc) is 2.71. The fourth-order valence-corrected chi connectivity index (χ4v) is 1.55. The summed E-state index contributed by atoms with van der Waals surface area (Å²) < 4.78 is 17.8. The number of hydrogen-bond donors (Lipinski definition) is 1. The lowest BCUT2D eigenvalue weighted by molar-refractivity contribution is 0.0652. The molecule has 0 aliphatic heterocycles. The predicted octanol–water partition coefficient (Wildman–Crippen LogP) is 2.94. The third kappa shape index (κ3) is 1.96. The summed E-state index contributed by atoms with van der Waals surface area (Å²) in [5.41, 5.74) is 0.919. The second kappa shape index (κ2) is 4.05. The van der Waals surface area contributed by atoms with Gasteiger partial charge in [-0.2, -0.15) is 0 Å². The van der Waals surface area contributed by atoms with E-state index in [1.807, 2.05) is 0 Å². The minimum absolute atomic E-state index is 0.254. The van der Waals surface area contributed by atoms with Crippen LogP contribution >= 0.6 is 15.9 Å². The van der Waals surface area contributed by atoms with Crippen LogP contribution in [0.1, 0.15) is 10.6 Å². The van der Waals surface area contributed by atoms with Gasteiger partial charge in [-0.1, -0.05) is 5.16 Å². The third-order valence-corrected chi connectivity index (χ3v) is 2.54. The number of aromatic carboxylic acids is 1. The fraction of sp³-hybridized carbons (Fsp3) is 0. The van der Waals surface area contributed by atoms with Gasteiger partial charge in [0.05, 0.1) is 4.47 Å². The Morgan fingerprint density at radius 3 is 2.75 bits per heavy atom. The van der Waals surface area contributed by atoms with Gasteiger partial charge < -0.3 is 9.63 Å². The standard InChI is InChI=1S/C10H5BrFNO3/c11-6-3-5(1-2-7(6)12)8-4-9(10(14)15)16-13-8/h1-4H,(H,14,15). The van der Waals surface area contributed by atoms with E-state index in [2.05, 4.69) is 25.6 Å². The molecule has 0 bridgehead atoms. The van der Waals surface area contributed by atoms with Gasteiger partial charge in [0.1, 0.15) is 11.5 Å². The molecule has 0 amide bonds. The summed E-state index contributed by atoms with van der Waals surface area (Å²) in [5, 5.41) is 12.2. The topological polar surface area (TPSA) is 63.3 Å². The number of benzene rings is 1. The Morgan fingerprint density at radius 1 is 1.44 bits per heavy atom. The zero-order valence-corrected chi connectivity index (χ0v) is 9.36. The van der Waals surface area contributed by atoms with Crippen molar-refractivity contribution >= 4 is 21.9 Å². The Labute approximate surface area is 97.8 Å². The quantitative estimate of drug-likeness (QED) is 0.921. The van der Waals surface area contributed by atoms with Crippen molar-refractivity contribution in [2.24, 2.45) is 0 Å². The molecular weight excluding hydrogens is 281 g/mol. The molecule has 0 saturated heterocycles. The summed E-state index contributed by atoms with van der Waals surface area (Å²) in [4.78, 5) is 10.6. The van der Waals surface area contributed by atoms with Crippen LogP contribution in [0, 0.1) is 5.82 Å². The lowest BCUT2D eigenvalue weighted by Gasteiger charge is -1.97. The van der Waals surface area contributed by atoms with Crippen LogP contribution in [0.15, 0.2) is 33.3 Å². The molecule has 0 radical (unpaired) electrons. The summed E-state index contributed by atoms with van der Waals surface area (Å²) >= 11 is 3.03. The number of hydrogen-bond acceptors (Lipinski definition) is 3. The third-order valence-electron chi connectivity index (χ3n) is 1.94. The molecule has 0 aliphatic rings. The first-order valence-corrected chi connectivity index (χ1v) is 5.02. The first-order chi connectivity index (χ1) is 7.58. The van der Waals surface area contributed by atoms with Crippen molar-refractivity contribution in [3.05, 3.63) is 40.3 Å². The van der Waals surface area contributed by atoms with Gasteiger partial charge in [0.15, 0.2) is 0 Å². The number of aromatic nitrogens is 1. The van der Waals surface area contributed by atoms with Gasteiger partial charge >= 0.3 is 5.97 Å². The smallest absolute Gasteiger partial charge is 0.374 e. The van der Waals surface area contributed by atoms with Gasteiger partial charge in [-0.25, -0.2) is 9.18 Å². The Kier molecular flexibility index (Phi) is 2.74. The maximum absolute atomic E-state index is 13.0. The number of carboxylic acid groups (broad SMARTS) is 1. The lowest BCUT2D eigenvalue weighted by atomic mass is 10.1. The highest BCUT2D eigenvalue weighted by Crippen LogP contribution is 2.24. The van der Waals surface area contributed by atoms with Crippen molar-refractivity contribution < 1.29 is 18.8 Å². The molecule has 1 aromatic carbocycles. The fourth-order valence-electron chi connectivity index (χ4n) is 1.17. The van der Waals surface area contributed by atoms with E-state index < -0.39 is 11.8 Å². The second-order valence-electron chi connectivity index (χ2n) is 3.01. The Balaban J connectivity index is 2.42. The van der Waals surface area contributed by atoms with Crippen molar-refractivity contribution in [3.8, 4) is 11.3 Å². The largest absolute Gasteiger partial charge is 0.475 e. The van der Waals surface area contributed by atoms with E-state index in [-0.39, 0.29) is 10.2 Å². The molecule has 0 unspecified atom stereocenters. The molecule has 16 heavy (non-hydrogen) atoms. The molecule has 1 heterocycles. The molecule has 2 aromatic rings. The summed E-state index contributed by atoms with van der Waals surface area (Å²) in [5.74, 6) is -1.85. The predicted molar refractivity (Wildman–Crippen MR) is 56.6 cm³/mol. The van der Waals surface area contributed by atoms with Crippen LogP contribution in [-0.4, -0.2) is 16.2 Å². The number of rotatable bonds is 2. The van der Waals surface area contributed by atoms with E-state index in [1.54, 1.807) is 0 Å². The van der Waals surface area contributed by atoms with Crippen LogP contribution in [0.5, 0.6) is 0 Å². The van der Waals surface area contributed by atoms with E-state index in [1.165, 1.54) is 24.3 Å². The average molecular weight is 286 g/mol. The minimum atomic E-state index is -1.19. The van der Waals surface area contributed by atoms with E-state index in [4.69, 9.17) is 5.11 Å². The molecular formula is C10H5BrFNO3. The van der Waals surface area contributed by atoms with Gasteiger partial charge in [0, 0.05) is 11.6 Å². The molecule has 0 spiro atoms. The zero-order chi connectivity index (χ0) is 11.7. The number of halogens is 2. The molecule has 4 nitrogen and oxygen atoms in total. The first-order valence-electron chi connectivity index (χ1n) is 4.23. The Bertz CT molecular complexity index is 553. The molecule has 0 aliphatic carbocycles. The van der Waals surface area contributed by atoms with Crippen molar-refractivity contribution in [2.75, 3.05) is 0 Å². The summed E-state index contributed by atoms with van der Waals surface area (Å²) in [6.07, 6.45) is 0. The molecule has 1 aromatic heterocycles. The second-order valence-corrected chi connectivity index (χ2v) is 3.86. The van der Waals surface area contributed by atoms with Crippen LogP contribution < -0.4 is 0 Å². The van der Waals surface area contributed by atoms with E-state index in [9.17, 15) is 9.18 Å². The molecule has 0 fully saturated rings. The maximum atomic E-state index is 13.0. The normalized spacial score (nSPS) is 10.4. The molecule has 0 saturated carbocycles. The first kappa shape index (κ1) is 10.8. The molecule has 0 atom stereocenters. The van der Waals surface area contributed by atoms with Crippen LogP contribution in [0.25, 0.3) is 11.3 Å². The van der Waals surface area contributed by atoms with Gasteiger partial charge in [-0.15, -0.1) is 0 Å². The molecule has 1 N–H and O–H groups in total. The lowest BCUT2D eigenvalue weighted by Crippen LogP contribution is -1.91. The number of nitrogens with zero attached hydrogens (tertiary/aromatic N) is 1. The van der Waals surface area contributed by atoms with Crippen molar-refractivity contribution in [2.45, 2.75) is 0 Å². The summed E-state index contributed by atoms with van der Waals surface area (Å²) in [6, 6.07) is 5.53. The highest BCUT2D eigenvalue weighted by molar-refractivity contribution is 9.10. The monoisotopic (exact) mass is 285 g/mol. The SMILES string of the molecule is O=C(O)c1cc(-c2ccc(F)c(Br)c2)no1. The Morgan fingerprint density at radius 2 is 2.19 bits per heavy atom. The molecule has 2 rings (SSSR count). The maximum Gasteiger partial charge on any atom is 0.374 e. The Hall–Kier alpha value is -1.69. The van der Waals surface area contributed by atoms with Crippen LogP contribution in [0.2, 0.25) is 0 Å². The number of carbonyl (C=O) groups is 1. The minimum Gasteiger partial charge on any atom is -0.475 e. The van der Waals surface area contributed by atoms with Crippen molar-refractivity contribution in [1.29, 1.82) is 0 Å². The van der Waals surface area contributed by atoms with Gasteiger partial charge in [-0.05, 0) is 34.1 Å². The van der Waals surface area contributed by atoms with E-state index >= 15 is 0 Å². The zero-order valence-electron chi connectivity index (χ0n) is 7.78. The molecule has 82 valence electrons. The summed E-state index contributed by atoms with van der Waals surface area (Å²) in [7, 11) is 0. The molecule has 6 heteroatoms. The highest BCUT2D eigenvalue weighted by atomic mass is 79.9. The van der Waals surface area contributed by atoms with Crippen molar-refractivity contribution in [3.63, 3.8) is 0 Å². The summed E-state index contributed by atoms with van der Waals surface area (Å²) in [6.45, 7) is 0. The van der Waals surface area contributed by atoms with Gasteiger partial charge in [0.25, 0.3) is 0 Å². The van der Waals surface area contributed by atoms with Gasteiger partial charge in [-0.3, -0.25) is 0 Å². The van der Waals surface area contributed by atoms with E-state index in [0.29, 0.717) is 11.3 Å². The van der Waals surface area contributed by atoms with Gasteiger partial charge in [0.2, 0.25) is 5.76 Å². The van der Waals surface area contributed by atoms with Crippen LogP contribution in [-0.2, 0) is 0 Å².